The predicted molar refractivity (Wildman–Crippen MR) is 57.7 cm³/mol. The van der Waals surface area contributed by atoms with Gasteiger partial charge in [-0.15, -0.1) is 0 Å². The Balaban J connectivity index is 1.77. The Morgan fingerprint density at radius 2 is 2.00 bits per heavy atom. The molecule has 0 radical (unpaired) electrons. The van der Waals surface area contributed by atoms with Gasteiger partial charge in [-0.05, 0) is 67.6 Å². The molecule has 0 nitrogen and oxygen atoms in total. The highest BCUT2D eigenvalue weighted by Crippen LogP contribution is 2.68. The van der Waals surface area contributed by atoms with E-state index in [1.807, 2.05) is 0 Å². The lowest BCUT2D eigenvalue weighted by Crippen LogP contribution is -2.30. The normalized spacial score (nSPS) is 63.3. The summed E-state index contributed by atoms with van der Waals surface area (Å²) in [6.45, 7) is 4.89. The zero-order valence-corrected chi connectivity index (χ0v) is 9.24. The molecule has 4 bridgehead atoms. The Morgan fingerprint density at radius 1 is 1.14 bits per heavy atom. The molecule has 3 fully saturated rings. The Kier molecular flexibility index (Phi) is 1.30. The van der Waals surface area contributed by atoms with Crippen LogP contribution in [0.5, 0.6) is 0 Å². The second-order valence-corrected chi connectivity index (χ2v) is 6.44. The van der Waals surface area contributed by atoms with Crippen LogP contribution in [0.25, 0.3) is 0 Å². The quantitative estimate of drug-likeness (QED) is 0.403. The van der Waals surface area contributed by atoms with Crippen molar-refractivity contribution in [3.63, 3.8) is 0 Å². The maximum Gasteiger partial charge on any atom is -0.0166 e. The zero-order valence-electron chi connectivity index (χ0n) is 9.24. The van der Waals surface area contributed by atoms with Gasteiger partial charge < -0.3 is 0 Å². The summed E-state index contributed by atoms with van der Waals surface area (Å²) in [5, 5.41) is 0. The Morgan fingerprint density at radius 3 is 2.86 bits per heavy atom. The summed E-state index contributed by atoms with van der Waals surface area (Å²) in [7, 11) is 0. The fourth-order valence-electron chi connectivity index (χ4n) is 5.72. The van der Waals surface area contributed by atoms with E-state index >= 15 is 0 Å². The first-order valence-corrected chi connectivity index (χ1v) is 6.44. The van der Waals surface area contributed by atoms with Crippen molar-refractivity contribution < 1.29 is 0 Å². The highest BCUT2D eigenvalue weighted by Gasteiger charge is 2.60. The molecule has 76 valence electrons. The maximum absolute atomic E-state index is 2.62. The van der Waals surface area contributed by atoms with Crippen LogP contribution in [-0.2, 0) is 0 Å². The SMILES string of the molecule is CC1=CC2CC1C1C3CC(C)C(C3)C21. The summed E-state index contributed by atoms with van der Waals surface area (Å²) in [5.74, 6) is 7.57. The van der Waals surface area contributed by atoms with Crippen molar-refractivity contribution in [1.29, 1.82) is 0 Å². The van der Waals surface area contributed by atoms with Crippen LogP contribution < -0.4 is 0 Å². The highest BCUT2D eigenvalue weighted by atomic mass is 14.7. The van der Waals surface area contributed by atoms with Gasteiger partial charge in [0.2, 0.25) is 0 Å². The lowest BCUT2D eigenvalue weighted by Gasteiger charge is -2.36. The van der Waals surface area contributed by atoms with E-state index in [0.29, 0.717) is 0 Å². The molecule has 0 N–H and O–H groups in total. The molecular formula is C14H20. The van der Waals surface area contributed by atoms with Crippen LogP contribution in [0.15, 0.2) is 11.6 Å². The van der Waals surface area contributed by atoms with Gasteiger partial charge in [0.1, 0.15) is 0 Å². The Hall–Kier alpha value is -0.260. The summed E-state index contributed by atoms with van der Waals surface area (Å²) in [4.78, 5) is 0. The topological polar surface area (TPSA) is 0 Å². The van der Waals surface area contributed by atoms with Gasteiger partial charge in [0.15, 0.2) is 0 Å². The average Bonchev–Trinajstić information content (AvgIpc) is 2.78. The molecule has 0 aromatic heterocycles. The number of fused-ring (bicyclic) bond motifs is 9. The number of rotatable bonds is 0. The number of allylic oxidation sites excluding steroid dienone is 2. The molecule has 14 heavy (non-hydrogen) atoms. The van der Waals surface area contributed by atoms with Crippen LogP contribution in [0.3, 0.4) is 0 Å². The monoisotopic (exact) mass is 188 g/mol. The first kappa shape index (κ1) is 7.96. The fourth-order valence-corrected chi connectivity index (χ4v) is 5.72. The first-order chi connectivity index (χ1) is 6.75. The van der Waals surface area contributed by atoms with Crippen LogP contribution in [0, 0.1) is 41.4 Å². The minimum Gasteiger partial charge on any atom is -0.0819 e. The van der Waals surface area contributed by atoms with Gasteiger partial charge in [0.25, 0.3) is 0 Å². The van der Waals surface area contributed by atoms with E-state index in [-0.39, 0.29) is 0 Å². The second-order valence-electron chi connectivity index (χ2n) is 6.44. The molecule has 0 heteroatoms. The molecule has 3 saturated carbocycles. The third-order valence-electron chi connectivity index (χ3n) is 6.01. The molecule has 4 aliphatic carbocycles. The molecule has 4 rings (SSSR count). The molecular weight excluding hydrogens is 168 g/mol. The van der Waals surface area contributed by atoms with E-state index < -0.39 is 0 Å². The van der Waals surface area contributed by atoms with E-state index in [0.717, 1.165) is 41.4 Å². The van der Waals surface area contributed by atoms with Gasteiger partial charge in [0, 0.05) is 0 Å². The molecule has 0 heterocycles. The van der Waals surface area contributed by atoms with Gasteiger partial charge in [-0.3, -0.25) is 0 Å². The molecule has 0 aromatic carbocycles. The van der Waals surface area contributed by atoms with Crippen LogP contribution in [0.1, 0.15) is 33.1 Å². The molecule has 4 aliphatic rings. The van der Waals surface area contributed by atoms with Crippen LogP contribution in [0.4, 0.5) is 0 Å². The molecule has 0 amide bonds. The standard InChI is InChI=1S/C14H20/c1-7-3-9-5-11(7)13-10-4-8(2)12(6-10)14(9)13/h3,8-14H,4-6H2,1-2H3. The second kappa shape index (κ2) is 2.28. The van der Waals surface area contributed by atoms with Crippen molar-refractivity contribution in [2.75, 3.05) is 0 Å². The smallest absolute Gasteiger partial charge is 0.0166 e. The molecule has 0 spiro atoms. The maximum atomic E-state index is 2.62. The predicted octanol–water partition coefficient (Wildman–Crippen LogP) is 3.49. The molecule has 0 aliphatic heterocycles. The van der Waals surface area contributed by atoms with Crippen molar-refractivity contribution in [3.8, 4) is 0 Å². The van der Waals surface area contributed by atoms with Gasteiger partial charge in [-0.25, -0.2) is 0 Å². The third-order valence-corrected chi connectivity index (χ3v) is 6.01. The van der Waals surface area contributed by atoms with Crippen molar-refractivity contribution in [2.24, 2.45) is 41.4 Å². The molecule has 0 aromatic rings. The van der Waals surface area contributed by atoms with E-state index in [4.69, 9.17) is 0 Å². The summed E-state index contributed by atoms with van der Waals surface area (Å²) in [5.41, 5.74) is 1.75. The minimum absolute atomic E-state index is 1.00. The summed E-state index contributed by atoms with van der Waals surface area (Å²) < 4.78 is 0. The Bertz CT molecular complexity index is 314. The van der Waals surface area contributed by atoms with Gasteiger partial charge in [0.05, 0.1) is 0 Å². The summed E-state index contributed by atoms with van der Waals surface area (Å²) >= 11 is 0. The van der Waals surface area contributed by atoms with Crippen molar-refractivity contribution in [3.05, 3.63) is 11.6 Å². The Labute approximate surface area is 86.8 Å². The minimum atomic E-state index is 1.00. The summed E-state index contributed by atoms with van der Waals surface area (Å²) in [6.07, 6.45) is 7.30. The fraction of sp³-hybridized carbons (Fsp3) is 0.857. The van der Waals surface area contributed by atoms with Crippen molar-refractivity contribution in [2.45, 2.75) is 33.1 Å². The molecule has 0 saturated heterocycles. The van der Waals surface area contributed by atoms with Gasteiger partial charge in [-0.2, -0.15) is 0 Å². The summed E-state index contributed by atoms with van der Waals surface area (Å²) in [6, 6.07) is 0. The number of hydrogen-bond acceptors (Lipinski definition) is 0. The average molecular weight is 188 g/mol. The van der Waals surface area contributed by atoms with Crippen LogP contribution in [-0.4, -0.2) is 0 Å². The van der Waals surface area contributed by atoms with E-state index in [1.54, 1.807) is 18.4 Å². The van der Waals surface area contributed by atoms with Crippen LogP contribution in [0.2, 0.25) is 0 Å². The largest absolute Gasteiger partial charge is 0.0819 e. The van der Waals surface area contributed by atoms with Gasteiger partial charge in [-0.1, -0.05) is 18.6 Å². The zero-order chi connectivity index (χ0) is 9.45. The van der Waals surface area contributed by atoms with Crippen molar-refractivity contribution in [1.82, 2.24) is 0 Å². The number of hydrogen-bond donors (Lipinski definition) is 0. The lowest BCUT2D eigenvalue weighted by molar-refractivity contribution is 0.156. The third kappa shape index (κ3) is 0.708. The van der Waals surface area contributed by atoms with E-state index in [2.05, 4.69) is 19.9 Å². The van der Waals surface area contributed by atoms with Crippen LogP contribution >= 0.6 is 0 Å². The van der Waals surface area contributed by atoms with E-state index in [1.165, 1.54) is 6.42 Å². The lowest BCUT2D eigenvalue weighted by atomic mass is 9.68. The molecule has 7 atom stereocenters. The van der Waals surface area contributed by atoms with E-state index in [9.17, 15) is 0 Å². The van der Waals surface area contributed by atoms with Gasteiger partial charge >= 0.3 is 0 Å². The molecule has 7 unspecified atom stereocenters. The first-order valence-electron chi connectivity index (χ1n) is 6.44. The highest BCUT2D eigenvalue weighted by molar-refractivity contribution is 5.26. The van der Waals surface area contributed by atoms with Crippen molar-refractivity contribution >= 4 is 0 Å².